The van der Waals surface area contributed by atoms with Crippen molar-refractivity contribution in [2.45, 2.75) is 43.9 Å². The summed E-state index contributed by atoms with van der Waals surface area (Å²) in [5.41, 5.74) is -1.71. The lowest BCUT2D eigenvalue weighted by molar-refractivity contribution is -0.266. The van der Waals surface area contributed by atoms with E-state index in [4.69, 9.17) is 0 Å². The molecule has 8 heteroatoms. The molecule has 1 atom stereocenters. The Balaban J connectivity index is 1.73. The number of phenolic OH excluding ortho intramolecular Hbond substituents is 1. The fraction of sp³-hybridized carbons (Fsp3) is 0.280. The van der Waals surface area contributed by atoms with E-state index in [0.29, 0.717) is 22.0 Å². The highest BCUT2D eigenvalue weighted by Gasteiger charge is 2.56. The van der Waals surface area contributed by atoms with Gasteiger partial charge in [-0.2, -0.15) is 13.2 Å². The summed E-state index contributed by atoms with van der Waals surface area (Å²) < 4.78 is 42.8. The normalized spacial score (nSPS) is 14.4. The Morgan fingerprint density at radius 3 is 2.48 bits per heavy atom. The first-order valence-electron chi connectivity index (χ1n) is 10.4. The van der Waals surface area contributed by atoms with Crippen LogP contribution in [0.25, 0.3) is 22.0 Å². The van der Waals surface area contributed by atoms with E-state index in [-0.39, 0.29) is 11.4 Å². The Kier molecular flexibility index (Phi) is 5.66. The molecule has 0 saturated heterocycles. The SMILES string of the molecule is CC(C)(CC(O)(Cc1nccc2[nH]ccc12)C(F)(F)F)c1cc(-c2cccnc2)ccc1O. The summed E-state index contributed by atoms with van der Waals surface area (Å²) in [6, 6.07) is 11.7. The fourth-order valence-electron chi connectivity index (χ4n) is 4.34. The first-order valence-corrected chi connectivity index (χ1v) is 10.4. The zero-order valence-electron chi connectivity index (χ0n) is 18.2. The van der Waals surface area contributed by atoms with Gasteiger partial charge in [-0.05, 0) is 47.7 Å². The summed E-state index contributed by atoms with van der Waals surface area (Å²) in [5, 5.41) is 22.1. The molecule has 33 heavy (non-hydrogen) atoms. The highest BCUT2D eigenvalue weighted by Crippen LogP contribution is 2.45. The van der Waals surface area contributed by atoms with Crippen molar-refractivity contribution >= 4 is 10.9 Å². The average molecular weight is 455 g/mol. The predicted octanol–water partition coefficient (Wildman–Crippen LogP) is 5.53. The van der Waals surface area contributed by atoms with Crippen LogP contribution in [0.4, 0.5) is 13.2 Å². The van der Waals surface area contributed by atoms with Crippen LogP contribution >= 0.6 is 0 Å². The van der Waals surface area contributed by atoms with Crippen LogP contribution < -0.4 is 0 Å². The Labute approximate surface area is 189 Å². The van der Waals surface area contributed by atoms with E-state index in [1.54, 1.807) is 62.8 Å². The molecule has 0 spiro atoms. The second-order valence-corrected chi connectivity index (χ2v) is 8.94. The van der Waals surface area contributed by atoms with Gasteiger partial charge in [0.25, 0.3) is 0 Å². The number of aromatic hydroxyl groups is 1. The molecule has 0 saturated carbocycles. The molecule has 0 radical (unpaired) electrons. The quantitative estimate of drug-likeness (QED) is 0.357. The topological polar surface area (TPSA) is 82.0 Å². The number of halogens is 3. The van der Waals surface area contributed by atoms with Gasteiger partial charge in [-0.15, -0.1) is 0 Å². The van der Waals surface area contributed by atoms with Crippen LogP contribution in [-0.2, 0) is 11.8 Å². The van der Waals surface area contributed by atoms with Crippen molar-refractivity contribution in [2.24, 2.45) is 0 Å². The zero-order valence-corrected chi connectivity index (χ0v) is 18.2. The highest BCUT2D eigenvalue weighted by molar-refractivity contribution is 5.81. The van der Waals surface area contributed by atoms with Crippen molar-refractivity contribution in [2.75, 3.05) is 0 Å². The number of aromatic amines is 1. The van der Waals surface area contributed by atoms with Gasteiger partial charge < -0.3 is 15.2 Å². The number of alkyl halides is 3. The third kappa shape index (κ3) is 4.43. The van der Waals surface area contributed by atoms with Crippen LogP contribution in [0.2, 0.25) is 0 Å². The number of rotatable bonds is 6. The Bertz CT molecular complexity index is 1270. The fourth-order valence-corrected chi connectivity index (χ4v) is 4.34. The average Bonchev–Trinajstić information content (AvgIpc) is 3.23. The lowest BCUT2D eigenvalue weighted by Crippen LogP contribution is -2.51. The number of hydrogen-bond acceptors (Lipinski definition) is 4. The summed E-state index contributed by atoms with van der Waals surface area (Å²) in [6.07, 6.45) is -0.00136. The Morgan fingerprint density at radius 2 is 1.79 bits per heavy atom. The van der Waals surface area contributed by atoms with Crippen molar-refractivity contribution in [3.05, 3.63) is 78.5 Å². The molecule has 3 aromatic heterocycles. The number of aliphatic hydroxyl groups is 1. The highest BCUT2D eigenvalue weighted by atomic mass is 19.4. The molecule has 3 heterocycles. The van der Waals surface area contributed by atoms with Crippen LogP contribution in [-0.4, -0.2) is 36.9 Å². The van der Waals surface area contributed by atoms with Crippen molar-refractivity contribution in [3.63, 3.8) is 0 Å². The number of pyridine rings is 2. The van der Waals surface area contributed by atoms with E-state index < -0.39 is 30.0 Å². The summed E-state index contributed by atoms with van der Waals surface area (Å²) in [6.45, 7) is 3.16. The van der Waals surface area contributed by atoms with Gasteiger partial charge >= 0.3 is 6.18 Å². The number of nitrogens with one attached hydrogen (secondary N) is 1. The second kappa shape index (κ2) is 8.19. The number of benzene rings is 1. The molecule has 1 unspecified atom stereocenters. The molecule has 0 bridgehead atoms. The monoisotopic (exact) mass is 455 g/mol. The van der Waals surface area contributed by atoms with E-state index >= 15 is 0 Å². The van der Waals surface area contributed by atoms with E-state index in [0.717, 1.165) is 5.56 Å². The molecular weight excluding hydrogens is 431 g/mol. The molecule has 172 valence electrons. The van der Waals surface area contributed by atoms with Crippen LogP contribution in [0.1, 0.15) is 31.5 Å². The maximum absolute atomic E-state index is 14.3. The summed E-state index contributed by atoms with van der Waals surface area (Å²) in [4.78, 5) is 11.1. The molecule has 3 N–H and O–H groups in total. The smallest absolute Gasteiger partial charge is 0.417 e. The molecular formula is C25H24F3N3O2. The molecule has 0 aliphatic heterocycles. The first-order chi connectivity index (χ1) is 15.5. The maximum Gasteiger partial charge on any atom is 0.417 e. The summed E-state index contributed by atoms with van der Waals surface area (Å²) >= 11 is 0. The van der Waals surface area contributed by atoms with Gasteiger partial charge in [-0.3, -0.25) is 9.97 Å². The maximum atomic E-state index is 14.3. The van der Waals surface area contributed by atoms with Gasteiger partial charge in [0.1, 0.15) is 5.75 Å². The Morgan fingerprint density at radius 1 is 1.00 bits per heavy atom. The predicted molar refractivity (Wildman–Crippen MR) is 120 cm³/mol. The standard InChI is InChI=1S/C25H24F3N3O2/c1-23(2,19-12-16(5-6-22(19)32)17-4-3-9-29-14-17)15-24(33,25(26,27)28)13-21-18-7-10-30-20(18)8-11-31-21/h3-12,14,30,32-33H,13,15H2,1-2H3. The number of fused-ring (bicyclic) bond motifs is 1. The van der Waals surface area contributed by atoms with Crippen LogP contribution in [0.5, 0.6) is 5.75 Å². The second-order valence-electron chi connectivity index (χ2n) is 8.94. The lowest BCUT2D eigenvalue weighted by atomic mass is 9.72. The lowest BCUT2D eigenvalue weighted by Gasteiger charge is -2.38. The molecule has 4 rings (SSSR count). The number of aromatic nitrogens is 3. The first kappa shape index (κ1) is 22.8. The van der Waals surface area contributed by atoms with Crippen LogP contribution in [0.15, 0.2) is 67.3 Å². The number of nitrogens with zero attached hydrogens (tertiary/aromatic N) is 2. The molecule has 0 amide bonds. The van der Waals surface area contributed by atoms with E-state index in [9.17, 15) is 23.4 Å². The van der Waals surface area contributed by atoms with Crippen molar-refractivity contribution < 1.29 is 23.4 Å². The molecule has 0 aliphatic rings. The van der Waals surface area contributed by atoms with E-state index in [1.807, 2.05) is 6.07 Å². The van der Waals surface area contributed by atoms with Crippen LogP contribution in [0.3, 0.4) is 0 Å². The van der Waals surface area contributed by atoms with E-state index in [1.165, 1.54) is 12.3 Å². The Hall–Kier alpha value is -3.39. The van der Waals surface area contributed by atoms with Gasteiger partial charge in [0.05, 0.1) is 5.69 Å². The van der Waals surface area contributed by atoms with Gasteiger partial charge in [0.15, 0.2) is 5.60 Å². The third-order valence-electron chi connectivity index (χ3n) is 6.00. The molecule has 1 aromatic carbocycles. The molecule has 5 nitrogen and oxygen atoms in total. The van der Waals surface area contributed by atoms with Gasteiger partial charge in [0, 0.05) is 53.2 Å². The third-order valence-corrected chi connectivity index (χ3v) is 6.00. The summed E-state index contributed by atoms with van der Waals surface area (Å²) in [7, 11) is 0. The van der Waals surface area contributed by atoms with Crippen molar-refractivity contribution in [1.82, 2.24) is 15.0 Å². The van der Waals surface area contributed by atoms with Crippen molar-refractivity contribution in [1.29, 1.82) is 0 Å². The van der Waals surface area contributed by atoms with Gasteiger partial charge in [-0.1, -0.05) is 26.0 Å². The minimum absolute atomic E-state index is 0.136. The van der Waals surface area contributed by atoms with Gasteiger partial charge in [-0.25, -0.2) is 0 Å². The minimum atomic E-state index is -4.92. The molecule has 0 aliphatic carbocycles. The number of hydrogen-bond donors (Lipinski definition) is 3. The number of H-pyrrole nitrogens is 1. The van der Waals surface area contributed by atoms with E-state index in [2.05, 4.69) is 15.0 Å². The van der Waals surface area contributed by atoms with Crippen molar-refractivity contribution in [3.8, 4) is 16.9 Å². The largest absolute Gasteiger partial charge is 0.508 e. The van der Waals surface area contributed by atoms with Crippen LogP contribution in [0, 0.1) is 0 Å². The summed E-state index contributed by atoms with van der Waals surface area (Å²) in [5.74, 6) is -0.136. The number of phenols is 1. The minimum Gasteiger partial charge on any atom is -0.508 e. The zero-order chi connectivity index (χ0) is 23.9. The van der Waals surface area contributed by atoms with Gasteiger partial charge in [0.2, 0.25) is 0 Å². The molecule has 4 aromatic rings. The molecule has 0 fully saturated rings.